The number of benzene rings is 1. The van der Waals surface area contributed by atoms with E-state index >= 15 is 0 Å². The van der Waals surface area contributed by atoms with Gasteiger partial charge >= 0.3 is 0 Å². The van der Waals surface area contributed by atoms with Gasteiger partial charge in [0.25, 0.3) is 0 Å². The molecule has 120 valence electrons. The zero-order chi connectivity index (χ0) is 16.9. The van der Waals surface area contributed by atoms with Crippen molar-refractivity contribution < 1.29 is 9.90 Å². The fourth-order valence-corrected chi connectivity index (χ4v) is 4.40. The normalized spacial score (nSPS) is 28.5. The van der Waals surface area contributed by atoms with E-state index in [1.54, 1.807) is 12.1 Å². The molecule has 1 heterocycles. The minimum atomic E-state index is -0.587. The summed E-state index contributed by atoms with van der Waals surface area (Å²) in [5, 5.41) is 26.4. The van der Waals surface area contributed by atoms with Crippen molar-refractivity contribution in [3.63, 3.8) is 0 Å². The van der Waals surface area contributed by atoms with Gasteiger partial charge in [0, 0.05) is 5.92 Å². The minimum absolute atomic E-state index is 0.0552. The Hall–Kier alpha value is -2.87. The number of nitriles is 1. The Morgan fingerprint density at radius 2 is 2.12 bits per heavy atom. The van der Waals surface area contributed by atoms with Crippen molar-refractivity contribution in [2.45, 2.75) is 25.2 Å². The second kappa shape index (κ2) is 5.07. The number of aromatic amines is 1. The first kappa shape index (κ1) is 14.7. The number of allylic oxidation sites excluding steroid dienone is 2. The molecule has 0 fully saturated rings. The van der Waals surface area contributed by atoms with Gasteiger partial charge in [-0.3, -0.25) is 9.89 Å². The topological polar surface area (TPSA) is 89.8 Å². The number of aromatic nitrogens is 2. The van der Waals surface area contributed by atoms with Gasteiger partial charge in [0.2, 0.25) is 0 Å². The molecular weight excluding hydrogens is 302 g/mol. The number of nitrogens with one attached hydrogen (secondary N) is 1. The van der Waals surface area contributed by atoms with E-state index in [9.17, 15) is 15.2 Å². The van der Waals surface area contributed by atoms with Gasteiger partial charge in [0.15, 0.2) is 5.78 Å². The third kappa shape index (κ3) is 1.80. The molecule has 1 aromatic carbocycles. The van der Waals surface area contributed by atoms with E-state index in [0.717, 1.165) is 29.7 Å². The van der Waals surface area contributed by atoms with Crippen LogP contribution in [0.2, 0.25) is 0 Å². The SMILES string of the molecule is C[C@@H]1C(=O)C(C#N)=C[C@]2(c3ccc(O)cc3)c3[nH]ncc3CCC12. The van der Waals surface area contributed by atoms with Crippen LogP contribution in [0.15, 0.2) is 42.1 Å². The average Bonchev–Trinajstić information content (AvgIpc) is 3.08. The van der Waals surface area contributed by atoms with E-state index in [1.807, 2.05) is 31.3 Å². The molecule has 5 heteroatoms. The monoisotopic (exact) mass is 319 g/mol. The highest BCUT2D eigenvalue weighted by molar-refractivity contribution is 6.02. The van der Waals surface area contributed by atoms with Gasteiger partial charge in [-0.2, -0.15) is 10.4 Å². The van der Waals surface area contributed by atoms with Crippen LogP contribution < -0.4 is 0 Å². The van der Waals surface area contributed by atoms with E-state index in [-0.39, 0.29) is 28.9 Å². The van der Waals surface area contributed by atoms with Crippen LogP contribution in [-0.2, 0) is 16.6 Å². The molecule has 2 aliphatic rings. The highest BCUT2D eigenvalue weighted by Gasteiger charge is 2.52. The van der Waals surface area contributed by atoms with E-state index in [2.05, 4.69) is 16.3 Å². The maximum Gasteiger partial charge on any atom is 0.176 e. The first-order valence-electron chi connectivity index (χ1n) is 8.07. The molecule has 5 nitrogen and oxygen atoms in total. The number of Topliss-reactive ketones (excluding diaryl/α,β-unsaturated/α-hetero) is 1. The number of aryl methyl sites for hydroxylation is 1. The second-order valence-corrected chi connectivity index (χ2v) is 6.65. The van der Waals surface area contributed by atoms with Crippen LogP contribution in [0.1, 0.15) is 30.2 Å². The predicted molar refractivity (Wildman–Crippen MR) is 87.2 cm³/mol. The zero-order valence-corrected chi connectivity index (χ0v) is 13.3. The van der Waals surface area contributed by atoms with Gasteiger partial charge in [0.05, 0.1) is 22.9 Å². The zero-order valence-electron chi connectivity index (χ0n) is 13.3. The van der Waals surface area contributed by atoms with Crippen LogP contribution in [0, 0.1) is 23.2 Å². The molecule has 0 radical (unpaired) electrons. The van der Waals surface area contributed by atoms with Crippen LogP contribution in [0.3, 0.4) is 0 Å². The molecule has 3 atom stereocenters. The number of phenolic OH excluding ortho intramolecular Hbond substituents is 1. The fraction of sp³-hybridized carbons (Fsp3) is 0.316. The molecule has 1 unspecified atom stereocenters. The van der Waals surface area contributed by atoms with Crippen molar-refractivity contribution in [1.82, 2.24) is 10.2 Å². The van der Waals surface area contributed by atoms with E-state index in [0.29, 0.717) is 0 Å². The summed E-state index contributed by atoms with van der Waals surface area (Å²) in [5.41, 5.74) is 2.65. The van der Waals surface area contributed by atoms with Gasteiger partial charge in [-0.25, -0.2) is 0 Å². The van der Waals surface area contributed by atoms with Crippen LogP contribution in [0.4, 0.5) is 0 Å². The van der Waals surface area contributed by atoms with Crippen molar-refractivity contribution in [1.29, 1.82) is 5.26 Å². The van der Waals surface area contributed by atoms with E-state index in [1.165, 1.54) is 0 Å². The second-order valence-electron chi connectivity index (χ2n) is 6.65. The Balaban J connectivity index is 2.06. The summed E-state index contributed by atoms with van der Waals surface area (Å²) in [7, 11) is 0. The number of nitrogens with zero attached hydrogens (tertiary/aromatic N) is 2. The molecule has 0 spiro atoms. The average molecular weight is 319 g/mol. The van der Waals surface area contributed by atoms with Gasteiger partial charge in [-0.15, -0.1) is 0 Å². The van der Waals surface area contributed by atoms with Crippen molar-refractivity contribution in [2.24, 2.45) is 11.8 Å². The lowest BCUT2D eigenvalue weighted by atomic mass is 9.54. The van der Waals surface area contributed by atoms with E-state index < -0.39 is 5.41 Å². The lowest BCUT2D eigenvalue weighted by Gasteiger charge is -2.47. The maximum atomic E-state index is 12.5. The van der Waals surface area contributed by atoms with Crippen LogP contribution in [-0.4, -0.2) is 21.1 Å². The number of phenols is 1. The highest BCUT2D eigenvalue weighted by Crippen LogP contribution is 2.53. The van der Waals surface area contributed by atoms with Gasteiger partial charge in [-0.1, -0.05) is 19.1 Å². The van der Waals surface area contributed by atoms with Crippen LogP contribution >= 0.6 is 0 Å². The highest BCUT2D eigenvalue weighted by atomic mass is 16.3. The molecule has 0 bridgehead atoms. The Kier molecular flexibility index (Phi) is 3.10. The molecular formula is C19H17N3O2. The molecule has 1 aromatic heterocycles. The molecule has 0 saturated carbocycles. The lowest BCUT2D eigenvalue weighted by Crippen LogP contribution is -2.48. The van der Waals surface area contributed by atoms with Crippen molar-refractivity contribution >= 4 is 5.78 Å². The number of hydrogen-bond acceptors (Lipinski definition) is 4. The first-order valence-corrected chi connectivity index (χ1v) is 8.07. The minimum Gasteiger partial charge on any atom is -0.508 e. The summed E-state index contributed by atoms with van der Waals surface area (Å²) in [5.74, 6) is -0.0777. The molecule has 0 amide bonds. The molecule has 4 rings (SSSR count). The largest absolute Gasteiger partial charge is 0.508 e. The number of ketones is 1. The Morgan fingerprint density at radius 3 is 2.83 bits per heavy atom. The molecule has 2 aromatic rings. The maximum absolute atomic E-state index is 12.5. The molecule has 2 aliphatic carbocycles. The first-order chi connectivity index (χ1) is 11.6. The summed E-state index contributed by atoms with van der Waals surface area (Å²) in [6.07, 6.45) is 5.36. The Morgan fingerprint density at radius 1 is 1.38 bits per heavy atom. The smallest absolute Gasteiger partial charge is 0.176 e. The Bertz CT molecular complexity index is 888. The number of fused-ring (bicyclic) bond motifs is 3. The van der Waals surface area contributed by atoms with Crippen molar-refractivity contribution in [3.8, 4) is 11.8 Å². The van der Waals surface area contributed by atoms with Gasteiger partial charge in [-0.05, 0) is 48.1 Å². The van der Waals surface area contributed by atoms with Gasteiger partial charge < -0.3 is 5.11 Å². The summed E-state index contributed by atoms with van der Waals surface area (Å²) in [4.78, 5) is 12.5. The van der Waals surface area contributed by atoms with Crippen molar-refractivity contribution in [3.05, 3.63) is 58.9 Å². The van der Waals surface area contributed by atoms with Crippen LogP contribution in [0.5, 0.6) is 5.75 Å². The van der Waals surface area contributed by atoms with E-state index in [4.69, 9.17) is 0 Å². The Labute approximate surface area is 139 Å². The molecule has 0 saturated heterocycles. The molecule has 2 N–H and O–H groups in total. The standard InChI is InChI=1S/C19H17N3O2/c1-11-16-7-2-12-10-21-22-18(12)19(16,8-13(9-20)17(11)24)14-3-5-15(23)6-4-14/h3-6,8,10-11,16,23H,2,7H2,1H3,(H,21,22)/t11-,16?,19+/m0/s1. The summed E-state index contributed by atoms with van der Waals surface area (Å²) >= 11 is 0. The molecule has 24 heavy (non-hydrogen) atoms. The third-order valence-electron chi connectivity index (χ3n) is 5.56. The number of rotatable bonds is 1. The van der Waals surface area contributed by atoms with Gasteiger partial charge in [0.1, 0.15) is 11.8 Å². The number of aromatic hydroxyl groups is 1. The summed E-state index contributed by atoms with van der Waals surface area (Å²) in [6.45, 7) is 1.91. The number of carbonyl (C=O) groups is 1. The lowest BCUT2D eigenvalue weighted by molar-refractivity contribution is -0.121. The summed E-state index contributed by atoms with van der Waals surface area (Å²) < 4.78 is 0. The number of carbonyl (C=O) groups excluding carboxylic acids is 1. The quantitative estimate of drug-likeness (QED) is 0.845. The summed E-state index contributed by atoms with van der Waals surface area (Å²) in [6, 6.07) is 9.10. The predicted octanol–water partition coefficient (Wildman–Crippen LogP) is 2.63. The number of hydrogen-bond donors (Lipinski definition) is 2. The number of H-pyrrole nitrogens is 1. The van der Waals surface area contributed by atoms with Crippen LogP contribution in [0.25, 0.3) is 0 Å². The fourth-order valence-electron chi connectivity index (χ4n) is 4.40. The molecule has 0 aliphatic heterocycles. The van der Waals surface area contributed by atoms with Crippen molar-refractivity contribution in [2.75, 3.05) is 0 Å². The third-order valence-corrected chi connectivity index (χ3v) is 5.56.